The summed E-state index contributed by atoms with van der Waals surface area (Å²) in [6.07, 6.45) is 14.1. The van der Waals surface area contributed by atoms with Crippen molar-refractivity contribution in [1.29, 1.82) is 0 Å². The van der Waals surface area contributed by atoms with Crippen molar-refractivity contribution in [1.82, 2.24) is 0 Å². The van der Waals surface area contributed by atoms with Gasteiger partial charge in [-0.3, -0.25) is 9.59 Å². The molecule has 196 valence electrons. The van der Waals surface area contributed by atoms with Crippen LogP contribution in [0.2, 0.25) is 0 Å². The zero-order valence-electron chi connectivity index (χ0n) is 23.0. The number of carbonyl (C=O) groups is 2. The predicted octanol–water partition coefficient (Wildman–Crippen LogP) is 7.42. The molecule has 3 fully saturated rings. The summed E-state index contributed by atoms with van der Waals surface area (Å²) < 4.78 is 11.2. The van der Waals surface area contributed by atoms with E-state index < -0.39 is 0 Å². The third-order valence-corrected chi connectivity index (χ3v) is 10.9. The third kappa shape index (κ3) is 5.01. The maximum atomic E-state index is 11.5. The highest BCUT2D eigenvalue weighted by Gasteiger charge is 2.59. The molecule has 35 heavy (non-hydrogen) atoms. The number of rotatable bonds is 7. The maximum absolute atomic E-state index is 11.5. The number of hydrogen-bond acceptors (Lipinski definition) is 4. The summed E-state index contributed by atoms with van der Waals surface area (Å²) in [6, 6.07) is 0. The highest BCUT2D eigenvalue weighted by atomic mass is 16.5. The average Bonchev–Trinajstić information content (AvgIpc) is 3.13. The monoisotopic (exact) mass is 484 g/mol. The Morgan fingerprint density at radius 3 is 2.43 bits per heavy atom. The minimum Gasteiger partial charge on any atom is -0.462 e. The molecule has 0 aliphatic heterocycles. The number of carbonyl (C=O) groups excluding carboxylic acids is 2. The second kappa shape index (κ2) is 10.1. The van der Waals surface area contributed by atoms with Gasteiger partial charge in [0.1, 0.15) is 12.2 Å². The van der Waals surface area contributed by atoms with Crippen LogP contribution in [0.15, 0.2) is 23.8 Å². The van der Waals surface area contributed by atoms with Gasteiger partial charge in [0.15, 0.2) is 0 Å². The standard InChI is InChI=1S/C31H48O4/c1-19(2)29(35-22(5)33)13-8-20(3)26-11-12-27-25-10-9-23-18-24(34-21(4)32)14-16-30(23,6)28(25)15-17-31(26,27)7/h9,20,24-29H,1,8,10-18H2,2-7H3/t20-,24+,25+,26-,27+,28+,29-,30+,31-/m1/s1. The smallest absolute Gasteiger partial charge is 0.303 e. The molecule has 0 heterocycles. The molecule has 0 aromatic heterocycles. The van der Waals surface area contributed by atoms with Gasteiger partial charge in [-0.2, -0.15) is 0 Å². The van der Waals surface area contributed by atoms with E-state index in [-0.39, 0.29) is 29.6 Å². The zero-order valence-corrected chi connectivity index (χ0v) is 23.0. The highest BCUT2D eigenvalue weighted by molar-refractivity contribution is 5.66. The van der Waals surface area contributed by atoms with Crippen molar-refractivity contribution in [3.63, 3.8) is 0 Å². The van der Waals surface area contributed by atoms with Crippen LogP contribution in [-0.4, -0.2) is 24.1 Å². The lowest BCUT2D eigenvalue weighted by molar-refractivity contribution is -0.148. The Morgan fingerprint density at radius 1 is 1.03 bits per heavy atom. The van der Waals surface area contributed by atoms with E-state index >= 15 is 0 Å². The van der Waals surface area contributed by atoms with Gasteiger partial charge in [0.2, 0.25) is 0 Å². The first-order valence-corrected chi connectivity index (χ1v) is 14.1. The number of ether oxygens (including phenoxy) is 2. The molecule has 0 aromatic carbocycles. The van der Waals surface area contributed by atoms with Gasteiger partial charge in [-0.15, -0.1) is 0 Å². The molecule has 0 saturated heterocycles. The molecule has 4 heteroatoms. The Labute approximate surface area is 213 Å². The van der Waals surface area contributed by atoms with E-state index in [9.17, 15) is 9.59 Å². The molecule has 0 unspecified atom stereocenters. The Hall–Kier alpha value is -1.58. The lowest BCUT2D eigenvalue weighted by Gasteiger charge is -2.58. The normalized spacial score (nSPS) is 39.8. The van der Waals surface area contributed by atoms with Gasteiger partial charge < -0.3 is 9.47 Å². The number of fused-ring (bicyclic) bond motifs is 5. The fourth-order valence-electron chi connectivity index (χ4n) is 9.16. The van der Waals surface area contributed by atoms with Crippen LogP contribution in [0.5, 0.6) is 0 Å². The lowest BCUT2D eigenvalue weighted by Crippen LogP contribution is -2.51. The summed E-state index contributed by atoms with van der Waals surface area (Å²) in [5.74, 6) is 3.38. The van der Waals surface area contributed by atoms with Crippen LogP contribution < -0.4 is 0 Å². The molecular weight excluding hydrogens is 436 g/mol. The van der Waals surface area contributed by atoms with E-state index in [0.29, 0.717) is 11.3 Å². The third-order valence-electron chi connectivity index (χ3n) is 10.9. The van der Waals surface area contributed by atoms with Gasteiger partial charge in [-0.05, 0) is 111 Å². The fraction of sp³-hybridized carbons (Fsp3) is 0.806. The molecular formula is C31H48O4. The second-order valence-electron chi connectivity index (χ2n) is 13.0. The predicted molar refractivity (Wildman–Crippen MR) is 140 cm³/mol. The van der Waals surface area contributed by atoms with Gasteiger partial charge in [0, 0.05) is 20.3 Å². The maximum Gasteiger partial charge on any atom is 0.303 e. The number of esters is 2. The lowest BCUT2D eigenvalue weighted by atomic mass is 9.47. The molecule has 0 bridgehead atoms. The van der Waals surface area contributed by atoms with Crippen LogP contribution in [0, 0.1) is 40.4 Å². The van der Waals surface area contributed by atoms with Crippen LogP contribution >= 0.6 is 0 Å². The van der Waals surface area contributed by atoms with Crippen LogP contribution in [-0.2, 0) is 19.1 Å². The van der Waals surface area contributed by atoms with Crippen LogP contribution in [0.3, 0.4) is 0 Å². The molecule has 4 aliphatic carbocycles. The van der Waals surface area contributed by atoms with Crippen molar-refractivity contribution in [3.05, 3.63) is 23.8 Å². The molecule has 3 saturated carbocycles. The number of allylic oxidation sites excluding steroid dienone is 1. The van der Waals surface area contributed by atoms with Crippen molar-refractivity contribution in [2.45, 2.75) is 118 Å². The Morgan fingerprint density at radius 2 is 1.77 bits per heavy atom. The summed E-state index contributed by atoms with van der Waals surface area (Å²) in [6.45, 7) is 16.6. The first-order chi connectivity index (χ1) is 16.5. The van der Waals surface area contributed by atoms with E-state index in [1.54, 1.807) is 5.57 Å². The minimum absolute atomic E-state index is 0.0731. The Kier molecular flexibility index (Phi) is 7.61. The Balaban J connectivity index is 1.44. The van der Waals surface area contributed by atoms with E-state index in [2.05, 4.69) is 33.4 Å². The topological polar surface area (TPSA) is 52.6 Å². The Bertz CT molecular complexity index is 873. The van der Waals surface area contributed by atoms with Gasteiger partial charge in [0.05, 0.1) is 0 Å². The SMILES string of the molecule is C=C(C)[C@@H](CC[C@@H](C)[C@H]1CC[C@H]2[C@@H]3CC=C4C[C@@H](OC(C)=O)CC[C@]4(C)[C@H]3CC[C@]12C)OC(C)=O. The molecule has 9 atom stereocenters. The van der Waals surface area contributed by atoms with E-state index in [1.807, 2.05) is 6.92 Å². The summed E-state index contributed by atoms with van der Waals surface area (Å²) in [5.41, 5.74) is 3.21. The molecule has 4 rings (SSSR count). The van der Waals surface area contributed by atoms with Gasteiger partial charge >= 0.3 is 11.9 Å². The molecule has 4 nitrogen and oxygen atoms in total. The van der Waals surface area contributed by atoms with Crippen molar-refractivity contribution < 1.29 is 19.1 Å². The molecule has 0 radical (unpaired) electrons. The largest absolute Gasteiger partial charge is 0.462 e. The first kappa shape index (κ1) is 26.5. The summed E-state index contributed by atoms with van der Waals surface area (Å²) in [4.78, 5) is 23.1. The quantitative estimate of drug-likeness (QED) is 0.279. The number of hydrogen-bond donors (Lipinski definition) is 0. The first-order valence-electron chi connectivity index (χ1n) is 14.1. The van der Waals surface area contributed by atoms with Gasteiger partial charge in [0.25, 0.3) is 0 Å². The summed E-state index contributed by atoms with van der Waals surface area (Å²) in [7, 11) is 0. The zero-order chi connectivity index (χ0) is 25.5. The van der Waals surface area contributed by atoms with Crippen LogP contribution in [0.25, 0.3) is 0 Å². The van der Waals surface area contributed by atoms with E-state index in [1.165, 1.54) is 46.0 Å². The van der Waals surface area contributed by atoms with E-state index in [0.717, 1.165) is 61.3 Å². The average molecular weight is 485 g/mol. The molecule has 4 aliphatic rings. The molecule has 0 N–H and O–H groups in total. The molecule has 0 spiro atoms. The van der Waals surface area contributed by atoms with E-state index in [4.69, 9.17) is 9.47 Å². The van der Waals surface area contributed by atoms with Gasteiger partial charge in [-0.25, -0.2) is 0 Å². The summed E-state index contributed by atoms with van der Waals surface area (Å²) in [5, 5.41) is 0. The second-order valence-corrected chi connectivity index (χ2v) is 13.0. The van der Waals surface area contributed by atoms with Crippen LogP contribution in [0.1, 0.15) is 106 Å². The van der Waals surface area contributed by atoms with Crippen molar-refractivity contribution in [2.24, 2.45) is 40.4 Å². The van der Waals surface area contributed by atoms with Crippen molar-refractivity contribution in [2.75, 3.05) is 0 Å². The minimum atomic E-state index is -0.211. The fourth-order valence-corrected chi connectivity index (χ4v) is 9.16. The summed E-state index contributed by atoms with van der Waals surface area (Å²) >= 11 is 0. The van der Waals surface area contributed by atoms with Crippen molar-refractivity contribution >= 4 is 11.9 Å². The molecule has 0 aromatic rings. The highest BCUT2D eigenvalue weighted by Crippen LogP contribution is 2.67. The van der Waals surface area contributed by atoms with Crippen molar-refractivity contribution in [3.8, 4) is 0 Å². The van der Waals surface area contributed by atoms with Gasteiger partial charge in [-0.1, -0.05) is 39.0 Å². The van der Waals surface area contributed by atoms with Crippen LogP contribution in [0.4, 0.5) is 0 Å². The molecule has 0 amide bonds.